The molecule has 0 fully saturated rings. The van der Waals surface area contributed by atoms with E-state index in [9.17, 15) is 9.59 Å². The van der Waals surface area contributed by atoms with Crippen LogP contribution in [0.1, 0.15) is 13.8 Å². The fourth-order valence-corrected chi connectivity index (χ4v) is 2.74. The fraction of sp³-hybridized carbons (Fsp3) is 0.312. The van der Waals surface area contributed by atoms with Gasteiger partial charge in [-0.3, -0.25) is 0 Å². The highest BCUT2D eigenvalue weighted by Gasteiger charge is 2.21. The Morgan fingerprint density at radius 2 is 1.87 bits per heavy atom. The molecule has 0 spiro atoms. The summed E-state index contributed by atoms with van der Waals surface area (Å²) in [5.74, 6) is -0.204. The van der Waals surface area contributed by atoms with Crippen LogP contribution in [0.3, 0.4) is 0 Å². The summed E-state index contributed by atoms with van der Waals surface area (Å²) in [4.78, 5) is 29.0. The van der Waals surface area contributed by atoms with E-state index in [2.05, 4.69) is 10.3 Å². The topological polar surface area (TPSA) is 77.0 Å². The Morgan fingerprint density at radius 1 is 1.22 bits per heavy atom. The van der Waals surface area contributed by atoms with Gasteiger partial charge in [0.1, 0.15) is 5.84 Å². The number of nitrogens with zero attached hydrogens (tertiary/aromatic N) is 1. The molecule has 0 unspecified atom stereocenters. The number of amidine groups is 1. The molecule has 0 amide bonds. The van der Waals surface area contributed by atoms with Gasteiger partial charge in [-0.25, -0.2) is 14.6 Å². The zero-order valence-electron chi connectivity index (χ0n) is 13.0. The van der Waals surface area contributed by atoms with Crippen LogP contribution in [0.4, 0.5) is 5.69 Å². The second kappa shape index (κ2) is 8.38. The lowest BCUT2D eigenvalue weighted by Crippen LogP contribution is -2.21. The maximum absolute atomic E-state index is 11.8. The SMILES string of the molecule is CCOC(=O)C(=CN=C1CSc2ccccc2N1)C(=O)OCC. The number of ether oxygens (including phenoxy) is 2. The third kappa shape index (κ3) is 4.59. The lowest BCUT2D eigenvalue weighted by atomic mass is 10.3. The first kappa shape index (κ1) is 17.1. The normalized spacial score (nSPS) is 14.4. The molecule has 23 heavy (non-hydrogen) atoms. The van der Waals surface area contributed by atoms with Gasteiger partial charge in [0.2, 0.25) is 0 Å². The number of para-hydroxylation sites is 1. The number of carbonyl (C=O) groups is 2. The largest absolute Gasteiger partial charge is 0.462 e. The molecule has 122 valence electrons. The van der Waals surface area contributed by atoms with Gasteiger partial charge >= 0.3 is 11.9 Å². The number of hydrogen-bond acceptors (Lipinski definition) is 6. The summed E-state index contributed by atoms with van der Waals surface area (Å²) < 4.78 is 9.73. The fourth-order valence-electron chi connectivity index (χ4n) is 1.85. The smallest absolute Gasteiger partial charge is 0.347 e. The molecule has 0 aromatic heterocycles. The van der Waals surface area contributed by atoms with Crippen molar-refractivity contribution < 1.29 is 19.1 Å². The molecule has 0 bridgehead atoms. The molecule has 2 rings (SSSR count). The van der Waals surface area contributed by atoms with Crippen LogP contribution in [0.5, 0.6) is 0 Å². The minimum atomic E-state index is -0.737. The van der Waals surface area contributed by atoms with Gasteiger partial charge in [0.15, 0.2) is 5.57 Å². The predicted molar refractivity (Wildman–Crippen MR) is 89.6 cm³/mol. The molecule has 6 nitrogen and oxygen atoms in total. The number of rotatable bonds is 5. The first-order valence-electron chi connectivity index (χ1n) is 7.25. The summed E-state index contributed by atoms with van der Waals surface area (Å²) in [7, 11) is 0. The number of fused-ring (bicyclic) bond motifs is 1. The molecule has 0 atom stereocenters. The minimum absolute atomic E-state index is 0.174. The molecule has 1 N–H and O–H groups in total. The van der Waals surface area contributed by atoms with Crippen molar-refractivity contribution in [1.29, 1.82) is 0 Å². The zero-order valence-corrected chi connectivity index (χ0v) is 13.8. The monoisotopic (exact) mass is 334 g/mol. The second-order valence-corrected chi connectivity index (χ2v) is 5.49. The Labute approximate surface area is 139 Å². The van der Waals surface area contributed by atoms with Crippen molar-refractivity contribution >= 4 is 35.2 Å². The van der Waals surface area contributed by atoms with Crippen molar-refractivity contribution in [1.82, 2.24) is 0 Å². The second-order valence-electron chi connectivity index (χ2n) is 4.47. The standard InChI is InChI=1S/C16H18N2O4S/c1-3-21-15(19)11(16(20)22-4-2)9-17-14-10-23-13-8-6-5-7-12(13)18-14/h5-9H,3-4,10H2,1-2H3,(H,17,18). The molecule has 0 aliphatic carbocycles. The van der Waals surface area contributed by atoms with Gasteiger partial charge in [-0.15, -0.1) is 11.8 Å². The van der Waals surface area contributed by atoms with E-state index in [1.807, 2.05) is 24.3 Å². The molecule has 1 aliphatic heterocycles. The third-order valence-corrected chi connectivity index (χ3v) is 3.96. The highest BCUT2D eigenvalue weighted by Crippen LogP contribution is 2.31. The molecular formula is C16H18N2O4S. The van der Waals surface area contributed by atoms with Gasteiger partial charge in [-0.2, -0.15) is 0 Å². The van der Waals surface area contributed by atoms with Crippen molar-refractivity contribution in [3.8, 4) is 0 Å². The molecule has 0 radical (unpaired) electrons. The summed E-state index contributed by atoms with van der Waals surface area (Å²) >= 11 is 1.63. The lowest BCUT2D eigenvalue weighted by molar-refractivity contribution is -0.146. The molecule has 1 aliphatic rings. The zero-order chi connectivity index (χ0) is 16.7. The Balaban J connectivity index is 2.19. The number of hydrogen-bond donors (Lipinski definition) is 1. The number of esters is 2. The predicted octanol–water partition coefficient (Wildman–Crippen LogP) is 2.61. The van der Waals surface area contributed by atoms with Gasteiger partial charge in [0, 0.05) is 4.90 Å². The first-order chi connectivity index (χ1) is 11.2. The first-order valence-corrected chi connectivity index (χ1v) is 8.24. The quantitative estimate of drug-likeness (QED) is 0.386. The number of benzene rings is 1. The molecule has 1 aromatic rings. The van der Waals surface area contributed by atoms with E-state index in [1.165, 1.54) is 6.20 Å². The average molecular weight is 334 g/mol. The van der Waals surface area contributed by atoms with Crippen molar-refractivity contribution in [3.63, 3.8) is 0 Å². The third-order valence-electron chi connectivity index (χ3n) is 2.87. The van der Waals surface area contributed by atoms with Gasteiger partial charge in [0.05, 0.1) is 30.9 Å². The molecule has 0 saturated carbocycles. The van der Waals surface area contributed by atoms with E-state index in [-0.39, 0.29) is 18.8 Å². The number of aliphatic imine (C=N–C) groups is 1. The lowest BCUT2D eigenvalue weighted by Gasteiger charge is -2.18. The molecule has 1 heterocycles. The Morgan fingerprint density at radius 3 is 2.52 bits per heavy atom. The molecular weight excluding hydrogens is 316 g/mol. The minimum Gasteiger partial charge on any atom is -0.462 e. The summed E-state index contributed by atoms with van der Waals surface area (Å²) in [5, 5.41) is 3.17. The van der Waals surface area contributed by atoms with Gasteiger partial charge < -0.3 is 14.8 Å². The number of anilines is 1. The highest BCUT2D eigenvalue weighted by atomic mass is 32.2. The van der Waals surface area contributed by atoms with Crippen LogP contribution in [0.15, 0.2) is 45.9 Å². The maximum Gasteiger partial charge on any atom is 0.347 e. The van der Waals surface area contributed by atoms with Crippen LogP contribution in [-0.4, -0.2) is 36.7 Å². The summed E-state index contributed by atoms with van der Waals surface area (Å²) in [6, 6.07) is 7.85. The Kier molecular flexibility index (Phi) is 6.22. The van der Waals surface area contributed by atoms with Crippen LogP contribution >= 0.6 is 11.8 Å². The average Bonchev–Trinajstić information content (AvgIpc) is 2.55. The number of carbonyl (C=O) groups excluding carboxylic acids is 2. The van der Waals surface area contributed by atoms with Crippen LogP contribution in [-0.2, 0) is 19.1 Å². The summed E-state index contributed by atoms with van der Waals surface area (Å²) in [6.45, 7) is 3.69. The van der Waals surface area contributed by atoms with E-state index >= 15 is 0 Å². The van der Waals surface area contributed by atoms with E-state index < -0.39 is 11.9 Å². The number of nitrogens with one attached hydrogen (secondary N) is 1. The van der Waals surface area contributed by atoms with Crippen molar-refractivity contribution in [2.45, 2.75) is 18.7 Å². The number of thioether (sulfide) groups is 1. The van der Waals surface area contributed by atoms with E-state index in [0.717, 1.165) is 10.6 Å². The van der Waals surface area contributed by atoms with Gasteiger partial charge in [-0.1, -0.05) is 12.1 Å². The van der Waals surface area contributed by atoms with Gasteiger partial charge in [0.25, 0.3) is 0 Å². The van der Waals surface area contributed by atoms with Crippen molar-refractivity contribution in [3.05, 3.63) is 36.0 Å². The van der Waals surface area contributed by atoms with Crippen molar-refractivity contribution in [2.24, 2.45) is 4.99 Å². The van der Waals surface area contributed by atoms with Crippen LogP contribution in [0.2, 0.25) is 0 Å². The highest BCUT2D eigenvalue weighted by molar-refractivity contribution is 8.00. The van der Waals surface area contributed by atoms with Crippen LogP contribution in [0.25, 0.3) is 0 Å². The molecule has 0 saturated heterocycles. The van der Waals surface area contributed by atoms with Crippen LogP contribution < -0.4 is 5.32 Å². The summed E-state index contributed by atoms with van der Waals surface area (Å²) in [5.41, 5.74) is 0.733. The van der Waals surface area contributed by atoms with Gasteiger partial charge in [-0.05, 0) is 26.0 Å². The Bertz CT molecular complexity index is 635. The Hall–Kier alpha value is -2.28. The van der Waals surface area contributed by atoms with Crippen molar-refractivity contribution in [2.75, 3.05) is 24.3 Å². The molecule has 1 aromatic carbocycles. The van der Waals surface area contributed by atoms with E-state index in [4.69, 9.17) is 9.47 Å². The molecule has 7 heteroatoms. The van der Waals surface area contributed by atoms with E-state index in [1.54, 1.807) is 25.6 Å². The summed E-state index contributed by atoms with van der Waals surface area (Å²) in [6.07, 6.45) is 1.20. The van der Waals surface area contributed by atoms with E-state index in [0.29, 0.717) is 11.6 Å². The van der Waals surface area contributed by atoms with Crippen LogP contribution in [0, 0.1) is 0 Å². The maximum atomic E-state index is 11.8.